The van der Waals surface area contributed by atoms with Gasteiger partial charge in [-0.15, -0.1) is 0 Å². The van der Waals surface area contributed by atoms with Gasteiger partial charge in [0.1, 0.15) is 11.6 Å². The van der Waals surface area contributed by atoms with Gasteiger partial charge < -0.3 is 5.32 Å². The number of aryl methyl sites for hydroxylation is 1. The number of anilines is 1. The van der Waals surface area contributed by atoms with Crippen LogP contribution in [0.3, 0.4) is 0 Å². The summed E-state index contributed by atoms with van der Waals surface area (Å²) in [5.41, 5.74) is 1.60. The van der Waals surface area contributed by atoms with E-state index in [0.717, 1.165) is 11.1 Å². The van der Waals surface area contributed by atoms with Gasteiger partial charge in [-0.1, -0.05) is 0 Å². The molecule has 20 heavy (non-hydrogen) atoms. The van der Waals surface area contributed by atoms with Crippen molar-refractivity contribution < 1.29 is 4.92 Å². The molecule has 2 rings (SSSR count). The fourth-order valence-corrected chi connectivity index (χ4v) is 1.72. The zero-order valence-electron chi connectivity index (χ0n) is 10.7. The first kappa shape index (κ1) is 13.4. The second-order valence-corrected chi connectivity index (χ2v) is 4.08. The molecule has 0 aliphatic carbocycles. The molecule has 0 aliphatic rings. The van der Waals surface area contributed by atoms with Crippen LogP contribution < -0.4 is 5.32 Å². The number of rotatable bonds is 4. The van der Waals surface area contributed by atoms with E-state index in [1.807, 2.05) is 13.0 Å². The molecule has 100 valence electrons. The average molecular weight is 269 g/mol. The van der Waals surface area contributed by atoms with E-state index >= 15 is 0 Å². The molecule has 0 saturated carbocycles. The van der Waals surface area contributed by atoms with Crippen LogP contribution in [0.2, 0.25) is 0 Å². The molecule has 0 aromatic carbocycles. The Morgan fingerprint density at radius 2 is 2.25 bits per heavy atom. The highest BCUT2D eigenvalue weighted by Gasteiger charge is 2.20. The van der Waals surface area contributed by atoms with Crippen LogP contribution in [0.5, 0.6) is 0 Å². The molecular weight excluding hydrogens is 258 g/mol. The monoisotopic (exact) mass is 269 g/mol. The molecule has 0 unspecified atom stereocenters. The largest absolute Gasteiger partial charge is 0.360 e. The summed E-state index contributed by atoms with van der Waals surface area (Å²) >= 11 is 0. The maximum Gasteiger partial charge on any atom is 0.328 e. The number of hydrogen-bond acceptors (Lipinski definition) is 6. The first-order valence-corrected chi connectivity index (χ1v) is 5.80. The third kappa shape index (κ3) is 2.70. The molecule has 0 atom stereocenters. The van der Waals surface area contributed by atoms with Crippen LogP contribution in [0.15, 0.2) is 30.7 Å². The molecule has 2 aromatic rings. The number of nitrogens with one attached hydrogen (secondary N) is 1. The highest BCUT2D eigenvalue weighted by Crippen LogP contribution is 2.26. The van der Waals surface area contributed by atoms with Crippen LogP contribution in [-0.4, -0.2) is 14.9 Å². The minimum atomic E-state index is -0.607. The van der Waals surface area contributed by atoms with Crippen molar-refractivity contribution in [1.82, 2.24) is 9.97 Å². The van der Waals surface area contributed by atoms with Gasteiger partial charge in [-0.05, 0) is 30.2 Å². The predicted molar refractivity (Wildman–Crippen MR) is 71.9 cm³/mol. The first-order chi connectivity index (χ1) is 9.63. The SMILES string of the molecule is Cc1ccncc1CNc1nccc(C#N)c1[N+](=O)[O-]. The third-order valence-corrected chi connectivity index (χ3v) is 2.82. The molecule has 0 fully saturated rings. The third-order valence-electron chi connectivity index (χ3n) is 2.82. The molecular formula is C13H11N5O2. The molecule has 0 saturated heterocycles. The van der Waals surface area contributed by atoms with E-state index in [1.54, 1.807) is 18.5 Å². The summed E-state index contributed by atoms with van der Waals surface area (Å²) < 4.78 is 0. The lowest BCUT2D eigenvalue weighted by molar-refractivity contribution is -0.384. The molecule has 1 N–H and O–H groups in total. The van der Waals surface area contributed by atoms with E-state index in [1.165, 1.54) is 12.3 Å². The van der Waals surface area contributed by atoms with Crippen molar-refractivity contribution in [3.63, 3.8) is 0 Å². The molecule has 7 nitrogen and oxygen atoms in total. The highest BCUT2D eigenvalue weighted by atomic mass is 16.6. The minimum absolute atomic E-state index is 0.0181. The number of hydrogen-bond donors (Lipinski definition) is 1. The summed E-state index contributed by atoms with van der Waals surface area (Å²) in [6.45, 7) is 2.27. The Hall–Kier alpha value is -3.01. The molecule has 2 heterocycles. The van der Waals surface area contributed by atoms with Crippen LogP contribution in [-0.2, 0) is 6.54 Å². The van der Waals surface area contributed by atoms with Gasteiger partial charge in [0.2, 0.25) is 5.82 Å². The van der Waals surface area contributed by atoms with E-state index < -0.39 is 4.92 Å². The summed E-state index contributed by atoms with van der Waals surface area (Å²) in [5.74, 6) is 0.0808. The Morgan fingerprint density at radius 3 is 2.90 bits per heavy atom. The second kappa shape index (κ2) is 5.75. The van der Waals surface area contributed by atoms with Gasteiger partial charge in [0.15, 0.2) is 0 Å². The molecule has 0 amide bonds. The van der Waals surface area contributed by atoms with E-state index in [0.29, 0.717) is 6.54 Å². The lowest BCUT2D eigenvalue weighted by Gasteiger charge is -2.08. The average Bonchev–Trinajstić information content (AvgIpc) is 2.45. The van der Waals surface area contributed by atoms with Gasteiger partial charge in [0.05, 0.1) is 4.92 Å². The van der Waals surface area contributed by atoms with Crippen molar-refractivity contribution in [3.8, 4) is 6.07 Å². The summed E-state index contributed by atoms with van der Waals surface area (Å²) in [6, 6.07) is 4.96. The van der Waals surface area contributed by atoms with Gasteiger partial charge in [-0.25, -0.2) is 4.98 Å². The van der Waals surface area contributed by atoms with Crippen molar-refractivity contribution in [2.45, 2.75) is 13.5 Å². The fraction of sp³-hybridized carbons (Fsp3) is 0.154. The Balaban J connectivity index is 2.29. The number of pyridine rings is 2. The molecule has 0 aliphatic heterocycles. The Kier molecular flexibility index (Phi) is 3.86. The van der Waals surface area contributed by atoms with Gasteiger partial charge in [0.25, 0.3) is 0 Å². The van der Waals surface area contributed by atoms with Crippen molar-refractivity contribution >= 4 is 11.5 Å². The van der Waals surface area contributed by atoms with Crippen LogP contribution in [0.25, 0.3) is 0 Å². The maximum absolute atomic E-state index is 11.0. The lowest BCUT2D eigenvalue weighted by Crippen LogP contribution is -2.07. The Labute approximate surface area is 115 Å². The van der Waals surface area contributed by atoms with Crippen molar-refractivity contribution in [2.24, 2.45) is 0 Å². The summed E-state index contributed by atoms with van der Waals surface area (Å²) in [5, 5.41) is 22.8. The van der Waals surface area contributed by atoms with Crippen LogP contribution in [0, 0.1) is 28.4 Å². The molecule has 2 aromatic heterocycles. The number of nitrogens with zero attached hydrogens (tertiary/aromatic N) is 4. The van der Waals surface area contributed by atoms with E-state index in [-0.39, 0.29) is 17.1 Å². The summed E-state index contributed by atoms with van der Waals surface area (Å²) in [6.07, 6.45) is 4.72. The van der Waals surface area contributed by atoms with Crippen LogP contribution >= 0.6 is 0 Å². The van der Waals surface area contributed by atoms with E-state index in [4.69, 9.17) is 5.26 Å². The number of nitro groups is 1. The standard InChI is InChI=1S/C13H11N5O2/c1-9-2-4-15-7-11(9)8-17-13-12(18(19)20)10(6-14)3-5-16-13/h2-5,7H,8H2,1H3,(H,16,17). The molecule has 0 spiro atoms. The predicted octanol–water partition coefficient (Wildman–Crippen LogP) is 2.18. The number of nitriles is 1. The number of aromatic nitrogens is 2. The maximum atomic E-state index is 11.0. The van der Waals surface area contributed by atoms with Gasteiger partial charge in [-0.2, -0.15) is 5.26 Å². The normalized spacial score (nSPS) is 9.80. The molecule has 0 radical (unpaired) electrons. The van der Waals surface area contributed by atoms with Crippen molar-refractivity contribution in [3.05, 3.63) is 57.5 Å². The van der Waals surface area contributed by atoms with Crippen LogP contribution in [0.4, 0.5) is 11.5 Å². The summed E-state index contributed by atoms with van der Waals surface area (Å²) in [7, 11) is 0. The van der Waals surface area contributed by atoms with E-state index in [2.05, 4.69) is 15.3 Å². The zero-order chi connectivity index (χ0) is 14.5. The fourth-order valence-electron chi connectivity index (χ4n) is 1.72. The van der Waals surface area contributed by atoms with Gasteiger partial charge in [-0.3, -0.25) is 15.1 Å². The lowest BCUT2D eigenvalue weighted by atomic mass is 10.1. The van der Waals surface area contributed by atoms with Crippen molar-refractivity contribution in [1.29, 1.82) is 5.26 Å². The van der Waals surface area contributed by atoms with Gasteiger partial charge in [0, 0.05) is 25.1 Å². The quantitative estimate of drug-likeness (QED) is 0.673. The smallest absolute Gasteiger partial charge is 0.328 e. The Morgan fingerprint density at radius 1 is 1.45 bits per heavy atom. The van der Waals surface area contributed by atoms with E-state index in [9.17, 15) is 10.1 Å². The minimum Gasteiger partial charge on any atom is -0.360 e. The summed E-state index contributed by atoms with van der Waals surface area (Å²) in [4.78, 5) is 18.4. The Bertz CT molecular complexity index is 693. The second-order valence-electron chi connectivity index (χ2n) is 4.08. The van der Waals surface area contributed by atoms with Gasteiger partial charge >= 0.3 is 5.69 Å². The zero-order valence-corrected chi connectivity index (χ0v) is 10.7. The van der Waals surface area contributed by atoms with Crippen LogP contribution in [0.1, 0.15) is 16.7 Å². The van der Waals surface area contributed by atoms with Crippen molar-refractivity contribution in [2.75, 3.05) is 5.32 Å². The molecule has 7 heteroatoms. The first-order valence-electron chi connectivity index (χ1n) is 5.80. The highest BCUT2D eigenvalue weighted by molar-refractivity contribution is 5.64. The topological polar surface area (TPSA) is 105 Å². The molecule has 0 bridgehead atoms.